The predicted octanol–water partition coefficient (Wildman–Crippen LogP) is 0.786. The topological polar surface area (TPSA) is 49.3 Å². The van der Waals surface area contributed by atoms with Crippen molar-refractivity contribution in [2.75, 3.05) is 0 Å². The Morgan fingerprint density at radius 1 is 1.31 bits per heavy atom. The summed E-state index contributed by atoms with van der Waals surface area (Å²) < 4.78 is 3.98. The van der Waals surface area contributed by atoms with Crippen molar-refractivity contribution in [2.45, 2.75) is 51.4 Å². The SMILES string of the molecule is CCC(O)C(CCC(C)O)n1cc[n+](C)c1. The highest BCUT2D eigenvalue weighted by molar-refractivity contribution is 4.80. The lowest BCUT2D eigenvalue weighted by molar-refractivity contribution is -0.671. The van der Waals surface area contributed by atoms with Gasteiger partial charge in [-0.05, 0) is 26.2 Å². The maximum absolute atomic E-state index is 9.98. The van der Waals surface area contributed by atoms with Crippen LogP contribution in [0.4, 0.5) is 0 Å². The van der Waals surface area contributed by atoms with Crippen molar-refractivity contribution >= 4 is 0 Å². The molecule has 1 aromatic rings. The van der Waals surface area contributed by atoms with E-state index in [9.17, 15) is 10.2 Å². The van der Waals surface area contributed by atoms with E-state index in [2.05, 4.69) is 0 Å². The van der Waals surface area contributed by atoms with Gasteiger partial charge in [-0.3, -0.25) is 0 Å². The normalized spacial score (nSPS) is 17.1. The number of imidazole rings is 1. The van der Waals surface area contributed by atoms with Gasteiger partial charge < -0.3 is 10.2 Å². The molecule has 0 aliphatic rings. The first-order chi connectivity index (χ1) is 7.54. The summed E-state index contributed by atoms with van der Waals surface area (Å²) in [6.07, 6.45) is 7.45. The Hall–Kier alpha value is -0.870. The van der Waals surface area contributed by atoms with Crippen LogP contribution in [0, 0.1) is 0 Å². The van der Waals surface area contributed by atoms with Crippen molar-refractivity contribution in [2.24, 2.45) is 7.05 Å². The zero-order valence-corrected chi connectivity index (χ0v) is 10.4. The van der Waals surface area contributed by atoms with E-state index in [4.69, 9.17) is 0 Å². The molecular formula is C12H23N2O2+. The predicted molar refractivity (Wildman–Crippen MR) is 61.9 cm³/mol. The van der Waals surface area contributed by atoms with Gasteiger partial charge in [-0.2, -0.15) is 0 Å². The van der Waals surface area contributed by atoms with E-state index in [1.54, 1.807) is 6.92 Å². The maximum atomic E-state index is 9.98. The average Bonchev–Trinajstić information content (AvgIpc) is 2.64. The lowest BCUT2D eigenvalue weighted by atomic mass is 10.0. The van der Waals surface area contributed by atoms with Crippen molar-refractivity contribution in [3.63, 3.8) is 0 Å². The number of aliphatic hydroxyl groups excluding tert-OH is 2. The minimum atomic E-state index is -0.355. The molecule has 1 heterocycles. The van der Waals surface area contributed by atoms with Crippen molar-refractivity contribution in [3.05, 3.63) is 18.7 Å². The fourth-order valence-electron chi connectivity index (χ4n) is 1.89. The standard InChI is InChI=1S/C12H23N2O2/c1-4-12(16)11(6-5-10(2)15)14-8-7-13(3)9-14/h7-12,15-16H,4-6H2,1-3H3/q+1. The van der Waals surface area contributed by atoms with Crippen molar-refractivity contribution in [1.82, 2.24) is 4.57 Å². The highest BCUT2D eigenvalue weighted by Gasteiger charge is 2.24. The molecule has 92 valence electrons. The quantitative estimate of drug-likeness (QED) is 0.706. The van der Waals surface area contributed by atoms with E-state index in [1.807, 2.05) is 41.8 Å². The molecule has 2 N–H and O–H groups in total. The Morgan fingerprint density at radius 2 is 2.00 bits per heavy atom. The first kappa shape index (κ1) is 13.2. The smallest absolute Gasteiger partial charge is 0.243 e. The summed E-state index contributed by atoms with van der Waals surface area (Å²) in [7, 11) is 1.96. The summed E-state index contributed by atoms with van der Waals surface area (Å²) in [6, 6.07) is 0.0563. The van der Waals surface area contributed by atoms with Gasteiger partial charge in [-0.15, -0.1) is 0 Å². The molecule has 0 saturated carbocycles. The van der Waals surface area contributed by atoms with Crippen LogP contribution in [0.25, 0.3) is 0 Å². The van der Waals surface area contributed by atoms with Crippen molar-refractivity contribution in [1.29, 1.82) is 0 Å². The third-order valence-electron chi connectivity index (χ3n) is 2.91. The van der Waals surface area contributed by atoms with Gasteiger partial charge in [-0.25, -0.2) is 9.13 Å². The van der Waals surface area contributed by atoms with E-state index >= 15 is 0 Å². The van der Waals surface area contributed by atoms with Crippen molar-refractivity contribution in [3.8, 4) is 0 Å². The molecule has 0 bridgehead atoms. The lowest BCUT2D eigenvalue weighted by Gasteiger charge is -2.19. The van der Waals surface area contributed by atoms with Gasteiger partial charge in [0.1, 0.15) is 18.4 Å². The first-order valence-electron chi connectivity index (χ1n) is 5.93. The first-order valence-corrected chi connectivity index (χ1v) is 5.93. The molecule has 1 aromatic heterocycles. The number of hydrogen-bond acceptors (Lipinski definition) is 2. The summed E-state index contributed by atoms with van der Waals surface area (Å²) in [4.78, 5) is 0. The Kier molecular flexibility index (Phi) is 4.96. The van der Waals surface area contributed by atoms with Crippen LogP contribution in [-0.4, -0.2) is 27.0 Å². The number of aromatic nitrogens is 2. The van der Waals surface area contributed by atoms with Gasteiger partial charge >= 0.3 is 0 Å². The van der Waals surface area contributed by atoms with Crippen LogP contribution in [0.1, 0.15) is 39.2 Å². The monoisotopic (exact) mass is 227 g/mol. The molecule has 0 radical (unpaired) electrons. The molecule has 0 saturated heterocycles. The van der Waals surface area contributed by atoms with Crippen LogP contribution >= 0.6 is 0 Å². The maximum Gasteiger partial charge on any atom is 0.243 e. The van der Waals surface area contributed by atoms with Gasteiger partial charge in [0, 0.05) is 0 Å². The molecule has 0 aliphatic carbocycles. The van der Waals surface area contributed by atoms with Crippen LogP contribution in [0.2, 0.25) is 0 Å². The second-order valence-electron chi connectivity index (χ2n) is 4.50. The van der Waals surface area contributed by atoms with E-state index < -0.39 is 0 Å². The van der Waals surface area contributed by atoms with Gasteiger partial charge in [0.05, 0.1) is 19.3 Å². The summed E-state index contributed by atoms with van der Waals surface area (Å²) in [5, 5.41) is 19.3. The second-order valence-corrected chi connectivity index (χ2v) is 4.50. The van der Waals surface area contributed by atoms with Gasteiger partial charge in [0.15, 0.2) is 0 Å². The summed E-state index contributed by atoms with van der Waals surface area (Å²) in [5.74, 6) is 0. The fraction of sp³-hybridized carbons (Fsp3) is 0.750. The minimum Gasteiger partial charge on any atom is -0.393 e. The number of aliphatic hydroxyl groups is 2. The third-order valence-corrected chi connectivity index (χ3v) is 2.91. The van der Waals surface area contributed by atoms with E-state index in [-0.39, 0.29) is 18.2 Å². The van der Waals surface area contributed by atoms with E-state index in [1.165, 1.54) is 0 Å². The van der Waals surface area contributed by atoms with Crippen LogP contribution in [0.5, 0.6) is 0 Å². The summed E-state index contributed by atoms with van der Waals surface area (Å²) >= 11 is 0. The van der Waals surface area contributed by atoms with Crippen LogP contribution < -0.4 is 4.57 Å². The molecule has 3 atom stereocenters. The highest BCUT2D eigenvalue weighted by atomic mass is 16.3. The molecule has 0 aliphatic heterocycles. The van der Waals surface area contributed by atoms with Crippen LogP contribution in [0.3, 0.4) is 0 Å². The second kappa shape index (κ2) is 6.01. The van der Waals surface area contributed by atoms with Gasteiger partial charge in [0.2, 0.25) is 6.33 Å². The molecule has 0 fully saturated rings. The summed E-state index contributed by atoms with van der Waals surface area (Å²) in [6.45, 7) is 3.76. The average molecular weight is 227 g/mol. The van der Waals surface area contributed by atoms with Crippen LogP contribution in [0.15, 0.2) is 18.7 Å². The molecule has 4 nitrogen and oxygen atoms in total. The molecule has 16 heavy (non-hydrogen) atoms. The molecule has 1 rings (SSSR count). The molecule has 4 heteroatoms. The van der Waals surface area contributed by atoms with Gasteiger partial charge in [-0.1, -0.05) is 6.92 Å². The number of hydrogen-bond donors (Lipinski definition) is 2. The molecule has 3 unspecified atom stereocenters. The Bertz CT molecular complexity index is 310. The number of nitrogens with zero attached hydrogens (tertiary/aromatic N) is 2. The fourth-order valence-corrected chi connectivity index (χ4v) is 1.89. The lowest BCUT2D eigenvalue weighted by Crippen LogP contribution is -2.28. The Labute approximate surface area is 97.2 Å². The van der Waals surface area contributed by atoms with E-state index in [0.717, 1.165) is 12.8 Å². The third kappa shape index (κ3) is 3.61. The Balaban J connectivity index is 2.71. The van der Waals surface area contributed by atoms with Crippen molar-refractivity contribution < 1.29 is 14.8 Å². The molecular weight excluding hydrogens is 204 g/mol. The Morgan fingerprint density at radius 3 is 2.44 bits per heavy atom. The summed E-state index contributed by atoms with van der Waals surface area (Å²) in [5.41, 5.74) is 0. The zero-order chi connectivity index (χ0) is 12.1. The van der Waals surface area contributed by atoms with Crippen LogP contribution in [-0.2, 0) is 7.05 Å². The minimum absolute atomic E-state index is 0.0563. The van der Waals surface area contributed by atoms with Gasteiger partial charge in [0.25, 0.3) is 0 Å². The molecule has 0 spiro atoms. The zero-order valence-electron chi connectivity index (χ0n) is 10.4. The number of rotatable bonds is 6. The number of aryl methyl sites for hydroxylation is 1. The van der Waals surface area contributed by atoms with E-state index in [0.29, 0.717) is 6.42 Å². The largest absolute Gasteiger partial charge is 0.393 e. The molecule has 0 amide bonds. The highest BCUT2D eigenvalue weighted by Crippen LogP contribution is 2.20. The molecule has 0 aromatic carbocycles.